The van der Waals surface area contributed by atoms with Gasteiger partial charge in [-0.05, 0) is 0 Å². The van der Waals surface area contributed by atoms with E-state index in [1.165, 1.54) is 11.8 Å². The second kappa shape index (κ2) is 3.71. The van der Waals surface area contributed by atoms with Gasteiger partial charge in [0.1, 0.15) is 5.78 Å². The van der Waals surface area contributed by atoms with Crippen LogP contribution in [0.15, 0.2) is 0 Å². The summed E-state index contributed by atoms with van der Waals surface area (Å²) in [6.07, 6.45) is 0.314. The lowest BCUT2D eigenvalue weighted by Gasteiger charge is -2.16. The van der Waals surface area contributed by atoms with Crippen molar-refractivity contribution >= 4 is 29.3 Å². The van der Waals surface area contributed by atoms with E-state index in [2.05, 4.69) is 0 Å². The fourth-order valence-electron chi connectivity index (χ4n) is 1.01. The maximum Gasteiger partial charge on any atom is 0.372 e. The Labute approximate surface area is 73.3 Å². The number of hydrogen-bond acceptors (Lipinski definition) is 4. The molecule has 1 atom stereocenters. The Morgan fingerprint density at radius 3 is 2.67 bits per heavy atom. The number of carboxylic acids is 1. The minimum Gasteiger partial charge on any atom is -0.475 e. The fourth-order valence-corrected chi connectivity index (χ4v) is 2.10. The highest BCUT2D eigenvalue weighted by molar-refractivity contribution is 7.99. The van der Waals surface area contributed by atoms with E-state index in [0.29, 0.717) is 17.9 Å². The SMILES string of the molecule is O=C(O)C(=O)C1CSCCC1=O. The van der Waals surface area contributed by atoms with E-state index in [1.807, 2.05) is 0 Å². The first-order valence-corrected chi connectivity index (χ1v) is 4.66. The molecule has 1 aliphatic heterocycles. The molecule has 5 heteroatoms. The average molecular weight is 188 g/mol. The van der Waals surface area contributed by atoms with E-state index in [0.717, 1.165) is 0 Å². The van der Waals surface area contributed by atoms with Gasteiger partial charge in [0.15, 0.2) is 0 Å². The Bertz CT molecular complexity index is 236. The zero-order valence-corrected chi connectivity index (χ0v) is 7.10. The molecular formula is C7H8O4S. The van der Waals surface area contributed by atoms with Crippen LogP contribution in [0.5, 0.6) is 0 Å². The number of Topliss-reactive ketones (excluding diaryl/α,β-unsaturated/α-hetero) is 2. The zero-order valence-electron chi connectivity index (χ0n) is 6.28. The molecule has 0 aromatic rings. The predicted octanol–water partition coefficient (Wildman–Crippen LogP) is -0.0377. The average Bonchev–Trinajstić information content (AvgIpc) is 2.04. The summed E-state index contributed by atoms with van der Waals surface area (Å²) in [4.78, 5) is 32.2. The summed E-state index contributed by atoms with van der Waals surface area (Å²) in [5.74, 6) is -2.59. The Morgan fingerprint density at radius 1 is 1.50 bits per heavy atom. The molecule has 0 spiro atoms. The summed E-state index contributed by atoms with van der Waals surface area (Å²) in [6.45, 7) is 0. The van der Waals surface area contributed by atoms with Gasteiger partial charge < -0.3 is 5.11 Å². The number of carbonyl (C=O) groups excluding carboxylic acids is 2. The van der Waals surface area contributed by atoms with Gasteiger partial charge in [-0.3, -0.25) is 9.59 Å². The third-order valence-corrected chi connectivity index (χ3v) is 2.76. The second-order valence-corrected chi connectivity index (χ2v) is 3.66. The molecule has 1 rings (SSSR count). The second-order valence-electron chi connectivity index (χ2n) is 2.51. The first kappa shape index (κ1) is 9.25. The van der Waals surface area contributed by atoms with Gasteiger partial charge >= 0.3 is 5.97 Å². The number of rotatable bonds is 2. The molecule has 0 aromatic carbocycles. The topological polar surface area (TPSA) is 71.4 Å². The fraction of sp³-hybridized carbons (Fsp3) is 0.571. The van der Waals surface area contributed by atoms with Gasteiger partial charge in [-0.25, -0.2) is 4.79 Å². The molecule has 0 radical (unpaired) electrons. The molecule has 1 saturated heterocycles. The highest BCUT2D eigenvalue weighted by Crippen LogP contribution is 2.20. The molecule has 66 valence electrons. The summed E-state index contributed by atoms with van der Waals surface area (Å²) in [7, 11) is 0. The van der Waals surface area contributed by atoms with Gasteiger partial charge in [0.2, 0.25) is 0 Å². The number of thioether (sulfide) groups is 1. The third kappa shape index (κ3) is 1.85. The van der Waals surface area contributed by atoms with Crippen molar-refractivity contribution in [3.63, 3.8) is 0 Å². The lowest BCUT2D eigenvalue weighted by molar-refractivity contribution is -0.152. The van der Waals surface area contributed by atoms with Crippen molar-refractivity contribution in [2.75, 3.05) is 11.5 Å². The van der Waals surface area contributed by atoms with Crippen LogP contribution in [-0.2, 0) is 14.4 Å². The minimum atomic E-state index is -1.50. The standard InChI is InChI=1S/C7H8O4S/c8-5-1-2-12-3-4(5)6(9)7(10)11/h4H,1-3H2,(H,10,11). The summed E-state index contributed by atoms with van der Waals surface area (Å²) in [6, 6.07) is 0. The predicted molar refractivity (Wildman–Crippen MR) is 43.1 cm³/mol. The van der Waals surface area contributed by atoms with Crippen molar-refractivity contribution in [3.8, 4) is 0 Å². The Morgan fingerprint density at radius 2 is 2.17 bits per heavy atom. The largest absolute Gasteiger partial charge is 0.475 e. The molecule has 0 bridgehead atoms. The number of carbonyl (C=O) groups is 3. The summed E-state index contributed by atoms with van der Waals surface area (Å²) in [5, 5.41) is 8.34. The van der Waals surface area contributed by atoms with Crippen LogP contribution in [0.4, 0.5) is 0 Å². The van der Waals surface area contributed by atoms with Crippen LogP contribution in [0, 0.1) is 5.92 Å². The van der Waals surface area contributed by atoms with E-state index in [4.69, 9.17) is 5.11 Å². The summed E-state index contributed by atoms with van der Waals surface area (Å²) in [5.41, 5.74) is 0. The molecule has 1 heterocycles. The first-order valence-electron chi connectivity index (χ1n) is 3.50. The van der Waals surface area contributed by atoms with E-state index in [-0.39, 0.29) is 5.78 Å². The smallest absolute Gasteiger partial charge is 0.372 e. The number of ketones is 2. The van der Waals surface area contributed by atoms with Crippen molar-refractivity contribution in [2.24, 2.45) is 5.92 Å². The quantitative estimate of drug-likeness (QED) is 0.486. The molecule has 0 saturated carbocycles. The Balaban J connectivity index is 2.66. The van der Waals surface area contributed by atoms with Crippen molar-refractivity contribution in [3.05, 3.63) is 0 Å². The van der Waals surface area contributed by atoms with Crippen LogP contribution < -0.4 is 0 Å². The van der Waals surface area contributed by atoms with Gasteiger partial charge in [-0.1, -0.05) is 0 Å². The van der Waals surface area contributed by atoms with Crippen LogP contribution >= 0.6 is 11.8 Å². The first-order chi connectivity index (χ1) is 5.63. The molecule has 1 fully saturated rings. The number of hydrogen-bond donors (Lipinski definition) is 1. The van der Waals surface area contributed by atoms with Crippen molar-refractivity contribution in [2.45, 2.75) is 6.42 Å². The van der Waals surface area contributed by atoms with Crippen molar-refractivity contribution < 1.29 is 19.5 Å². The third-order valence-electron chi connectivity index (χ3n) is 1.69. The molecule has 0 amide bonds. The van der Waals surface area contributed by atoms with Crippen LogP contribution in [0.2, 0.25) is 0 Å². The maximum absolute atomic E-state index is 11.0. The zero-order chi connectivity index (χ0) is 9.14. The van der Waals surface area contributed by atoms with Gasteiger partial charge in [0, 0.05) is 17.9 Å². The molecule has 12 heavy (non-hydrogen) atoms. The van der Waals surface area contributed by atoms with Gasteiger partial charge in [-0.15, -0.1) is 0 Å². The van der Waals surface area contributed by atoms with Crippen LogP contribution in [0.1, 0.15) is 6.42 Å². The molecule has 1 aliphatic rings. The van der Waals surface area contributed by atoms with Gasteiger partial charge in [-0.2, -0.15) is 11.8 Å². The summed E-state index contributed by atoms with van der Waals surface area (Å²) >= 11 is 1.45. The molecule has 4 nitrogen and oxygen atoms in total. The van der Waals surface area contributed by atoms with Gasteiger partial charge in [0.25, 0.3) is 5.78 Å². The van der Waals surface area contributed by atoms with Gasteiger partial charge in [0.05, 0.1) is 5.92 Å². The monoisotopic (exact) mass is 188 g/mol. The number of carboxylic acid groups (broad SMARTS) is 1. The van der Waals surface area contributed by atoms with E-state index in [1.54, 1.807) is 0 Å². The van der Waals surface area contributed by atoms with Crippen molar-refractivity contribution in [1.82, 2.24) is 0 Å². The lowest BCUT2D eigenvalue weighted by Crippen LogP contribution is -2.34. The minimum absolute atomic E-state index is 0.235. The molecule has 0 aromatic heterocycles. The highest BCUT2D eigenvalue weighted by atomic mass is 32.2. The van der Waals surface area contributed by atoms with E-state index in [9.17, 15) is 14.4 Å². The van der Waals surface area contributed by atoms with Crippen LogP contribution in [0.3, 0.4) is 0 Å². The normalized spacial score (nSPS) is 23.7. The highest BCUT2D eigenvalue weighted by Gasteiger charge is 2.33. The van der Waals surface area contributed by atoms with Crippen LogP contribution in [0.25, 0.3) is 0 Å². The Kier molecular flexibility index (Phi) is 2.86. The van der Waals surface area contributed by atoms with E-state index < -0.39 is 17.7 Å². The van der Waals surface area contributed by atoms with Crippen molar-refractivity contribution in [1.29, 1.82) is 0 Å². The molecule has 1 N–H and O–H groups in total. The number of aliphatic carboxylic acids is 1. The summed E-state index contributed by atoms with van der Waals surface area (Å²) < 4.78 is 0. The van der Waals surface area contributed by atoms with E-state index >= 15 is 0 Å². The van der Waals surface area contributed by atoms with Crippen LogP contribution in [-0.4, -0.2) is 34.1 Å². The molecular weight excluding hydrogens is 180 g/mol. The molecule has 0 aliphatic carbocycles. The maximum atomic E-state index is 11.0. The molecule has 1 unspecified atom stereocenters. The lowest BCUT2D eigenvalue weighted by atomic mass is 9.99. The Hall–Kier alpha value is -0.840.